The van der Waals surface area contributed by atoms with Crippen molar-refractivity contribution in [2.45, 2.75) is 32.8 Å². The molecule has 0 heterocycles. The van der Waals surface area contributed by atoms with E-state index in [-0.39, 0.29) is 16.5 Å². The minimum Gasteiger partial charge on any atom is -0.396 e. The number of hydrogen-bond acceptors (Lipinski definition) is 2. The van der Waals surface area contributed by atoms with Crippen LogP contribution in [-0.4, -0.2) is 18.3 Å². The second-order valence-electron chi connectivity index (χ2n) is 3.82. The number of rotatable bonds is 7. The van der Waals surface area contributed by atoms with Crippen LogP contribution in [0.1, 0.15) is 30.4 Å². The van der Waals surface area contributed by atoms with Gasteiger partial charge in [-0.05, 0) is 31.7 Å². The van der Waals surface area contributed by atoms with E-state index in [1.165, 1.54) is 11.1 Å². The van der Waals surface area contributed by atoms with E-state index in [9.17, 15) is 0 Å². The van der Waals surface area contributed by atoms with Gasteiger partial charge in [-0.3, -0.25) is 0 Å². The van der Waals surface area contributed by atoms with Crippen molar-refractivity contribution in [1.82, 2.24) is 0 Å². The molecule has 1 rings (SSSR count). The summed E-state index contributed by atoms with van der Waals surface area (Å²) in [6.07, 6.45) is 2.96. The first-order chi connectivity index (χ1) is 7.33. The molecule has 0 fully saturated rings. The van der Waals surface area contributed by atoms with Gasteiger partial charge in [-0.25, -0.2) is 0 Å². The third kappa shape index (κ3) is 6.95. The average Bonchev–Trinajstić information content (AvgIpc) is 2.26. The van der Waals surface area contributed by atoms with Gasteiger partial charge in [-0.1, -0.05) is 29.8 Å². The van der Waals surface area contributed by atoms with Gasteiger partial charge in [0.15, 0.2) is 0 Å². The summed E-state index contributed by atoms with van der Waals surface area (Å²) in [7, 11) is 0. The van der Waals surface area contributed by atoms with Gasteiger partial charge in [-0.2, -0.15) is 9.90 Å². The molecular formula is C13H23O2P. The molecule has 0 radical (unpaired) electrons. The van der Waals surface area contributed by atoms with E-state index in [1.54, 1.807) is 0 Å². The van der Waals surface area contributed by atoms with Crippen molar-refractivity contribution in [2.24, 2.45) is 0 Å². The number of hydrogen-bond donors (Lipinski definition) is 1. The quantitative estimate of drug-likeness (QED) is 0.588. The van der Waals surface area contributed by atoms with Crippen LogP contribution >= 0.6 is 9.90 Å². The van der Waals surface area contributed by atoms with Crippen LogP contribution in [0.15, 0.2) is 24.3 Å². The Balaban J connectivity index is 0.00000225. The fourth-order valence-corrected chi connectivity index (χ4v) is 1.37. The third-order valence-corrected chi connectivity index (χ3v) is 2.34. The Morgan fingerprint density at radius 3 is 2.38 bits per heavy atom. The Bertz CT molecular complexity index is 259. The number of aliphatic hydroxyl groups excluding tert-OH is 1. The molecule has 92 valence electrons. The molecule has 0 amide bonds. The van der Waals surface area contributed by atoms with Gasteiger partial charge in [0.2, 0.25) is 0 Å². The highest BCUT2D eigenvalue weighted by Gasteiger charge is 1.93. The molecule has 1 N–H and O–H groups in total. The van der Waals surface area contributed by atoms with Gasteiger partial charge in [0.1, 0.15) is 0 Å². The maximum atomic E-state index is 8.59. The number of aryl methyl sites for hydroxylation is 1. The monoisotopic (exact) mass is 242 g/mol. The maximum Gasteiger partial charge on any atom is 0.0716 e. The Morgan fingerprint density at radius 1 is 1.06 bits per heavy atom. The van der Waals surface area contributed by atoms with Crippen LogP contribution in [0, 0.1) is 6.92 Å². The summed E-state index contributed by atoms with van der Waals surface area (Å²) in [5.41, 5.74) is 2.50. The van der Waals surface area contributed by atoms with Gasteiger partial charge < -0.3 is 9.84 Å². The number of aliphatic hydroxyl groups is 1. The summed E-state index contributed by atoms with van der Waals surface area (Å²) < 4.78 is 5.52. The van der Waals surface area contributed by atoms with Gasteiger partial charge >= 0.3 is 0 Å². The highest BCUT2D eigenvalue weighted by Crippen LogP contribution is 2.05. The van der Waals surface area contributed by atoms with Crippen molar-refractivity contribution < 1.29 is 9.84 Å². The molecule has 1 aromatic rings. The van der Waals surface area contributed by atoms with Crippen LogP contribution in [0.25, 0.3) is 0 Å². The summed E-state index contributed by atoms with van der Waals surface area (Å²) in [5.74, 6) is 0. The van der Waals surface area contributed by atoms with Crippen molar-refractivity contribution in [2.75, 3.05) is 13.2 Å². The fourth-order valence-electron chi connectivity index (χ4n) is 1.37. The molecule has 0 aliphatic heterocycles. The van der Waals surface area contributed by atoms with E-state index in [2.05, 4.69) is 31.2 Å². The highest BCUT2D eigenvalue weighted by atomic mass is 31.0. The molecule has 0 aromatic heterocycles. The summed E-state index contributed by atoms with van der Waals surface area (Å²) in [6, 6.07) is 8.40. The molecule has 0 aliphatic carbocycles. The van der Waals surface area contributed by atoms with Crippen LogP contribution in [0.5, 0.6) is 0 Å². The summed E-state index contributed by atoms with van der Waals surface area (Å²) in [5, 5.41) is 8.59. The minimum absolute atomic E-state index is 0. The van der Waals surface area contributed by atoms with Crippen LogP contribution in [0.4, 0.5) is 0 Å². The largest absolute Gasteiger partial charge is 0.396 e. The third-order valence-electron chi connectivity index (χ3n) is 2.34. The van der Waals surface area contributed by atoms with Gasteiger partial charge in [0.25, 0.3) is 0 Å². The molecule has 16 heavy (non-hydrogen) atoms. The lowest BCUT2D eigenvalue weighted by Gasteiger charge is -2.04. The Hall–Kier alpha value is -0.430. The standard InChI is InChI=1S/C13H20O2.H3P/c1-12-5-7-13(8-6-12)11-15-10-4-2-3-9-14;/h5-8,14H,2-4,9-11H2,1H3;1H3. The molecule has 1 atom stereocenters. The van der Waals surface area contributed by atoms with Gasteiger partial charge in [0.05, 0.1) is 6.61 Å². The summed E-state index contributed by atoms with van der Waals surface area (Å²) >= 11 is 0. The lowest BCUT2D eigenvalue weighted by molar-refractivity contribution is 0.115. The Kier molecular flexibility index (Phi) is 9.51. The minimum atomic E-state index is 0. The van der Waals surface area contributed by atoms with Crippen LogP contribution in [-0.2, 0) is 11.3 Å². The van der Waals surface area contributed by atoms with E-state index >= 15 is 0 Å². The van der Waals surface area contributed by atoms with Crippen molar-refractivity contribution in [3.8, 4) is 0 Å². The van der Waals surface area contributed by atoms with Crippen molar-refractivity contribution in [3.05, 3.63) is 35.4 Å². The number of ether oxygens (including phenoxy) is 1. The molecule has 3 heteroatoms. The molecule has 0 aliphatic rings. The Labute approximate surface area is 102 Å². The number of benzene rings is 1. The van der Waals surface area contributed by atoms with Crippen molar-refractivity contribution >= 4 is 9.90 Å². The molecule has 0 bridgehead atoms. The summed E-state index contributed by atoms with van der Waals surface area (Å²) in [6.45, 7) is 3.85. The first-order valence-corrected chi connectivity index (χ1v) is 5.57. The smallest absolute Gasteiger partial charge is 0.0716 e. The maximum absolute atomic E-state index is 8.59. The SMILES string of the molecule is Cc1ccc(COCCCCCO)cc1.P. The van der Waals surface area contributed by atoms with E-state index in [0.29, 0.717) is 6.61 Å². The van der Waals surface area contributed by atoms with Crippen LogP contribution < -0.4 is 0 Å². The topological polar surface area (TPSA) is 29.5 Å². The summed E-state index contributed by atoms with van der Waals surface area (Å²) in [4.78, 5) is 0. The Morgan fingerprint density at radius 2 is 1.75 bits per heavy atom. The van der Waals surface area contributed by atoms with Gasteiger partial charge in [-0.15, -0.1) is 0 Å². The number of unbranched alkanes of at least 4 members (excludes halogenated alkanes) is 2. The zero-order valence-electron chi connectivity index (χ0n) is 10.1. The molecule has 0 saturated carbocycles. The molecular weight excluding hydrogens is 219 g/mol. The predicted octanol–water partition coefficient (Wildman–Crippen LogP) is 2.73. The van der Waals surface area contributed by atoms with Crippen LogP contribution in [0.3, 0.4) is 0 Å². The van der Waals surface area contributed by atoms with Crippen molar-refractivity contribution in [1.29, 1.82) is 0 Å². The zero-order chi connectivity index (χ0) is 10.9. The van der Waals surface area contributed by atoms with E-state index in [0.717, 1.165) is 25.9 Å². The molecule has 1 aromatic carbocycles. The first-order valence-electron chi connectivity index (χ1n) is 5.57. The average molecular weight is 242 g/mol. The fraction of sp³-hybridized carbons (Fsp3) is 0.538. The molecule has 0 spiro atoms. The normalized spacial score (nSPS) is 9.88. The molecule has 0 saturated heterocycles. The zero-order valence-corrected chi connectivity index (χ0v) is 11.5. The lowest BCUT2D eigenvalue weighted by Crippen LogP contribution is -1.96. The second kappa shape index (κ2) is 9.77. The van der Waals surface area contributed by atoms with Crippen LogP contribution in [0.2, 0.25) is 0 Å². The van der Waals surface area contributed by atoms with E-state index < -0.39 is 0 Å². The van der Waals surface area contributed by atoms with Gasteiger partial charge in [0, 0.05) is 13.2 Å². The molecule has 1 unspecified atom stereocenters. The van der Waals surface area contributed by atoms with E-state index in [4.69, 9.17) is 9.84 Å². The predicted molar refractivity (Wildman–Crippen MR) is 72.9 cm³/mol. The molecule has 2 nitrogen and oxygen atoms in total. The van der Waals surface area contributed by atoms with Crippen molar-refractivity contribution in [3.63, 3.8) is 0 Å². The highest BCUT2D eigenvalue weighted by molar-refractivity contribution is 6.92. The second-order valence-corrected chi connectivity index (χ2v) is 3.82. The van der Waals surface area contributed by atoms with E-state index in [1.807, 2.05) is 0 Å². The lowest BCUT2D eigenvalue weighted by atomic mass is 10.2. The first kappa shape index (κ1) is 15.6.